The highest BCUT2D eigenvalue weighted by molar-refractivity contribution is 9.10. The maximum Gasteiger partial charge on any atom is 0.407 e. The number of carbonyl (C=O) groups excluding carboxylic acids is 2. The van der Waals surface area contributed by atoms with Gasteiger partial charge >= 0.3 is 12.1 Å². The van der Waals surface area contributed by atoms with Crippen molar-refractivity contribution in [3.8, 4) is 11.1 Å². The molecule has 1 unspecified atom stereocenters. The summed E-state index contributed by atoms with van der Waals surface area (Å²) in [6, 6.07) is 18.3. The summed E-state index contributed by atoms with van der Waals surface area (Å²) in [4.78, 5) is 36.9. The number of hydrogen-bond acceptors (Lipinski definition) is 4. The van der Waals surface area contributed by atoms with Crippen molar-refractivity contribution in [2.45, 2.75) is 32.2 Å². The third-order valence-electron chi connectivity index (χ3n) is 6.01. The van der Waals surface area contributed by atoms with Crippen LogP contribution in [0, 0.1) is 13.8 Å². The summed E-state index contributed by atoms with van der Waals surface area (Å²) in [6.45, 7) is 3.82. The second-order valence-corrected chi connectivity index (χ2v) is 9.40. The van der Waals surface area contributed by atoms with Crippen molar-refractivity contribution in [3.63, 3.8) is 0 Å². The minimum atomic E-state index is -1.31. The monoisotopic (exact) mass is 536 g/mol. The van der Waals surface area contributed by atoms with Crippen LogP contribution in [0.2, 0.25) is 0 Å². The van der Waals surface area contributed by atoms with Gasteiger partial charge < -0.3 is 20.5 Å². The Labute approximate surface area is 211 Å². The van der Waals surface area contributed by atoms with Gasteiger partial charge in [0.25, 0.3) is 0 Å². The fraction of sp³-hybridized carbons (Fsp3) is 0.222. The average molecular weight is 537 g/mol. The number of rotatable bonds is 7. The van der Waals surface area contributed by atoms with Crippen LogP contribution in [0.15, 0.2) is 65.1 Å². The number of anilines is 1. The topological polar surface area (TPSA) is 105 Å². The van der Waals surface area contributed by atoms with Gasteiger partial charge in [-0.15, -0.1) is 0 Å². The van der Waals surface area contributed by atoms with Crippen molar-refractivity contribution >= 4 is 39.6 Å². The quantitative estimate of drug-likeness (QED) is 0.375. The molecule has 2 amide bonds. The molecule has 1 atom stereocenters. The van der Waals surface area contributed by atoms with E-state index in [2.05, 4.69) is 26.6 Å². The lowest BCUT2D eigenvalue weighted by molar-refractivity contribution is -0.139. The molecule has 0 spiro atoms. The van der Waals surface area contributed by atoms with Crippen LogP contribution in [0.3, 0.4) is 0 Å². The molecule has 0 radical (unpaired) electrons. The predicted octanol–water partition coefficient (Wildman–Crippen LogP) is 5.39. The van der Waals surface area contributed by atoms with Crippen LogP contribution in [0.25, 0.3) is 11.1 Å². The van der Waals surface area contributed by atoms with Crippen molar-refractivity contribution in [2.75, 3.05) is 11.9 Å². The molecular weight excluding hydrogens is 512 g/mol. The minimum absolute atomic E-state index is 0.0594. The summed E-state index contributed by atoms with van der Waals surface area (Å²) in [6.07, 6.45) is -1.44. The number of hydrogen-bond donors (Lipinski definition) is 3. The first kappa shape index (κ1) is 24.5. The largest absolute Gasteiger partial charge is 0.481 e. The lowest BCUT2D eigenvalue weighted by atomic mass is 9.98. The Bertz CT molecular complexity index is 1240. The first-order chi connectivity index (χ1) is 16.7. The van der Waals surface area contributed by atoms with Crippen LogP contribution in [0.5, 0.6) is 0 Å². The molecule has 4 rings (SSSR count). The van der Waals surface area contributed by atoms with Crippen LogP contribution in [0.4, 0.5) is 10.5 Å². The number of alkyl carbamates (subject to hydrolysis) is 1. The molecule has 0 heterocycles. The van der Waals surface area contributed by atoms with Gasteiger partial charge in [-0.1, -0.05) is 54.6 Å². The van der Waals surface area contributed by atoms with E-state index >= 15 is 0 Å². The number of carbonyl (C=O) groups is 3. The molecule has 0 aromatic heterocycles. The summed E-state index contributed by atoms with van der Waals surface area (Å²) in [7, 11) is 0. The maximum absolute atomic E-state index is 12.9. The van der Waals surface area contributed by atoms with E-state index in [1.807, 2.05) is 74.5 Å². The zero-order chi connectivity index (χ0) is 25.1. The van der Waals surface area contributed by atoms with Crippen LogP contribution >= 0.6 is 15.9 Å². The van der Waals surface area contributed by atoms with E-state index in [4.69, 9.17) is 4.74 Å². The first-order valence-corrected chi connectivity index (χ1v) is 11.9. The fourth-order valence-corrected chi connectivity index (χ4v) is 5.22. The van der Waals surface area contributed by atoms with E-state index in [1.165, 1.54) is 0 Å². The van der Waals surface area contributed by atoms with E-state index in [9.17, 15) is 19.5 Å². The summed E-state index contributed by atoms with van der Waals surface area (Å²) in [5, 5.41) is 14.4. The molecule has 1 aliphatic rings. The standard InChI is InChI=1S/C27H25BrN2O5/c1-15-11-16(2)25(22(28)12-15)30-26(33)23(13-24(31)32)29-27(34)35-14-21-19-9-5-3-7-17(19)18-8-4-6-10-20(18)21/h3-12,21,23H,13-14H2,1-2H3,(H,29,34)(H,30,33)(H,31,32). The molecule has 8 heteroatoms. The van der Waals surface area contributed by atoms with Crippen molar-refractivity contribution in [1.82, 2.24) is 5.32 Å². The maximum atomic E-state index is 12.9. The highest BCUT2D eigenvalue weighted by Gasteiger charge is 2.30. The minimum Gasteiger partial charge on any atom is -0.481 e. The summed E-state index contributed by atoms with van der Waals surface area (Å²) in [5.41, 5.74) is 6.64. The molecule has 1 aliphatic carbocycles. The van der Waals surface area contributed by atoms with Gasteiger partial charge in [0, 0.05) is 10.4 Å². The second-order valence-electron chi connectivity index (χ2n) is 8.55. The Hall–Kier alpha value is -3.65. The Kier molecular flexibility index (Phi) is 7.21. The molecular formula is C27H25BrN2O5. The van der Waals surface area contributed by atoms with E-state index in [0.29, 0.717) is 10.2 Å². The summed E-state index contributed by atoms with van der Waals surface area (Å²) in [5.74, 6) is -2.01. The Balaban J connectivity index is 1.45. The highest BCUT2D eigenvalue weighted by atomic mass is 79.9. The molecule has 3 aromatic rings. The number of carboxylic acid groups (broad SMARTS) is 1. The number of halogens is 1. The highest BCUT2D eigenvalue weighted by Crippen LogP contribution is 2.44. The molecule has 3 aromatic carbocycles. The number of aryl methyl sites for hydroxylation is 2. The van der Waals surface area contributed by atoms with Crippen molar-refractivity contribution in [3.05, 3.63) is 87.4 Å². The molecule has 180 valence electrons. The number of carboxylic acids is 1. The zero-order valence-electron chi connectivity index (χ0n) is 19.3. The second kappa shape index (κ2) is 10.3. The SMILES string of the molecule is Cc1cc(C)c(NC(=O)C(CC(=O)O)NC(=O)OCC2c3ccccc3-c3ccccc32)c(Br)c1. The summed E-state index contributed by atoms with van der Waals surface area (Å²) >= 11 is 3.42. The van der Waals surface area contributed by atoms with Gasteiger partial charge in [-0.3, -0.25) is 9.59 Å². The molecule has 0 fully saturated rings. The van der Waals surface area contributed by atoms with Crippen LogP contribution in [0.1, 0.15) is 34.6 Å². The zero-order valence-corrected chi connectivity index (χ0v) is 20.9. The van der Waals surface area contributed by atoms with Crippen molar-refractivity contribution in [2.24, 2.45) is 0 Å². The molecule has 3 N–H and O–H groups in total. The Morgan fingerprint density at radius 1 is 1.00 bits per heavy atom. The molecule has 0 saturated carbocycles. The van der Waals surface area contributed by atoms with Gasteiger partial charge in [-0.25, -0.2) is 4.79 Å². The van der Waals surface area contributed by atoms with Gasteiger partial charge in [-0.2, -0.15) is 0 Å². The third kappa shape index (κ3) is 5.38. The molecule has 7 nitrogen and oxygen atoms in total. The van der Waals surface area contributed by atoms with Gasteiger partial charge in [0.1, 0.15) is 12.6 Å². The van der Waals surface area contributed by atoms with E-state index in [-0.39, 0.29) is 12.5 Å². The predicted molar refractivity (Wildman–Crippen MR) is 136 cm³/mol. The van der Waals surface area contributed by atoms with Gasteiger partial charge in [0.15, 0.2) is 0 Å². The smallest absolute Gasteiger partial charge is 0.407 e. The van der Waals surface area contributed by atoms with Gasteiger partial charge in [-0.05, 0) is 69.2 Å². The van der Waals surface area contributed by atoms with E-state index in [0.717, 1.165) is 33.4 Å². The number of fused-ring (bicyclic) bond motifs is 3. The fourth-order valence-electron chi connectivity index (χ4n) is 4.45. The number of aliphatic carboxylic acids is 1. The van der Waals surface area contributed by atoms with Crippen molar-refractivity contribution < 1.29 is 24.2 Å². The van der Waals surface area contributed by atoms with Crippen LogP contribution in [-0.2, 0) is 14.3 Å². The lowest BCUT2D eigenvalue weighted by Crippen LogP contribution is -2.45. The van der Waals surface area contributed by atoms with Gasteiger partial charge in [0.2, 0.25) is 5.91 Å². The molecule has 0 saturated heterocycles. The summed E-state index contributed by atoms with van der Waals surface area (Å²) < 4.78 is 6.15. The lowest BCUT2D eigenvalue weighted by Gasteiger charge is -2.20. The molecule has 0 bridgehead atoms. The van der Waals surface area contributed by atoms with Crippen LogP contribution in [-0.4, -0.2) is 35.7 Å². The Morgan fingerprint density at radius 3 is 2.17 bits per heavy atom. The average Bonchev–Trinajstić information content (AvgIpc) is 3.13. The first-order valence-electron chi connectivity index (χ1n) is 11.2. The molecule has 35 heavy (non-hydrogen) atoms. The number of amides is 2. The molecule has 0 aliphatic heterocycles. The normalized spacial score (nSPS) is 12.9. The van der Waals surface area contributed by atoms with E-state index in [1.54, 1.807) is 0 Å². The van der Waals surface area contributed by atoms with Crippen molar-refractivity contribution in [1.29, 1.82) is 0 Å². The third-order valence-corrected chi connectivity index (χ3v) is 6.64. The van der Waals surface area contributed by atoms with Crippen LogP contribution < -0.4 is 10.6 Å². The van der Waals surface area contributed by atoms with Gasteiger partial charge in [0.05, 0.1) is 12.1 Å². The van der Waals surface area contributed by atoms with E-state index < -0.39 is 30.4 Å². The Morgan fingerprint density at radius 2 is 1.60 bits per heavy atom. The number of nitrogens with one attached hydrogen (secondary N) is 2. The number of ether oxygens (including phenoxy) is 1. The number of benzene rings is 3.